The average molecular weight is 238 g/mol. The molecule has 0 aromatic heterocycles. The summed E-state index contributed by atoms with van der Waals surface area (Å²) in [4.78, 5) is 18.7. The molecule has 3 saturated heterocycles. The van der Waals surface area contributed by atoms with Crippen molar-refractivity contribution < 1.29 is 4.79 Å². The number of hydrogen-bond donors (Lipinski definition) is 1. The van der Waals surface area contributed by atoms with Crippen LogP contribution in [0.2, 0.25) is 0 Å². The van der Waals surface area contributed by atoms with Gasteiger partial charge in [0.15, 0.2) is 0 Å². The standard InChI is InChI=1S/C12H22N4O/c17-12(16-2-1-3-16)10-14-4-6-15(7-5-14)11-8-13-9-11/h11,13H,1-10H2. The molecule has 0 bridgehead atoms. The summed E-state index contributed by atoms with van der Waals surface area (Å²) in [5.41, 5.74) is 0. The molecule has 0 aromatic rings. The van der Waals surface area contributed by atoms with E-state index in [0.717, 1.165) is 58.4 Å². The van der Waals surface area contributed by atoms with Crippen LogP contribution in [0.25, 0.3) is 0 Å². The van der Waals surface area contributed by atoms with Crippen LogP contribution in [0.15, 0.2) is 0 Å². The highest BCUT2D eigenvalue weighted by Gasteiger charge is 2.29. The van der Waals surface area contributed by atoms with Crippen LogP contribution < -0.4 is 5.32 Å². The molecule has 0 radical (unpaired) electrons. The lowest BCUT2D eigenvalue weighted by Crippen LogP contribution is -2.62. The highest BCUT2D eigenvalue weighted by atomic mass is 16.2. The van der Waals surface area contributed by atoms with Gasteiger partial charge < -0.3 is 10.2 Å². The van der Waals surface area contributed by atoms with Gasteiger partial charge in [-0.05, 0) is 6.42 Å². The number of rotatable bonds is 3. The van der Waals surface area contributed by atoms with Crippen LogP contribution in [0.5, 0.6) is 0 Å². The molecule has 5 heteroatoms. The number of piperazine rings is 1. The predicted octanol–water partition coefficient (Wildman–Crippen LogP) is -1.19. The van der Waals surface area contributed by atoms with Crippen LogP contribution in [-0.2, 0) is 4.79 Å². The second-order valence-electron chi connectivity index (χ2n) is 5.36. The van der Waals surface area contributed by atoms with Gasteiger partial charge in [0.2, 0.25) is 5.91 Å². The van der Waals surface area contributed by atoms with E-state index in [-0.39, 0.29) is 0 Å². The molecule has 3 aliphatic rings. The number of likely N-dealkylation sites (tertiary alicyclic amines) is 1. The quantitative estimate of drug-likeness (QED) is 0.671. The fraction of sp³-hybridized carbons (Fsp3) is 0.917. The molecule has 1 amide bonds. The first kappa shape index (κ1) is 11.4. The normalized spacial score (nSPS) is 27.6. The SMILES string of the molecule is O=C(CN1CCN(C2CNC2)CC1)N1CCC1. The van der Waals surface area contributed by atoms with Crippen molar-refractivity contribution in [3.63, 3.8) is 0 Å². The Hall–Kier alpha value is -0.650. The summed E-state index contributed by atoms with van der Waals surface area (Å²) in [5, 5.41) is 3.32. The minimum absolute atomic E-state index is 0.329. The first-order valence-electron chi connectivity index (χ1n) is 6.78. The van der Waals surface area contributed by atoms with E-state index in [1.165, 1.54) is 6.42 Å². The summed E-state index contributed by atoms with van der Waals surface area (Å²) in [6.07, 6.45) is 1.19. The Morgan fingerprint density at radius 3 is 2.24 bits per heavy atom. The minimum Gasteiger partial charge on any atom is -0.341 e. The maximum Gasteiger partial charge on any atom is 0.236 e. The van der Waals surface area contributed by atoms with E-state index in [1.807, 2.05) is 4.90 Å². The van der Waals surface area contributed by atoms with Gasteiger partial charge in [-0.1, -0.05) is 0 Å². The Morgan fingerprint density at radius 1 is 1.06 bits per heavy atom. The van der Waals surface area contributed by atoms with E-state index in [4.69, 9.17) is 0 Å². The summed E-state index contributed by atoms with van der Waals surface area (Å²) in [6.45, 7) is 9.24. The molecule has 0 unspecified atom stereocenters. The second-order valence-corrected chi connectivity index (χ2v) is 5.36. The Kier molecular flexibility index (Phi) is 3.31. The summed E-state index contributed by atoms with van der Waals surface area (Å²) in [7, 11) is 0. The fourth-order valence-corrected chi connectivity index (χ4v) is 2.68. The van der Waals surface area contributed by atoms with Gasteiger partial charge in [-0.2, -0.15) is 0 Å². The average Bonchev–Trinajstić information content (AvgIpc) is 2.15. The van der Waals surface area contributed by atoms with Crippen LogP contribution in [0, 0.1) is 0 Å². The lowest BCUT2D eigenvalue weighted by molar-refractivity contribution is -0.136. The molecule has 1 N–H and O–H groups in total. The maximum atomic E-state index is 11.8. The Morgan fingerprint density at radius 2 is 1.76 bits per heavy atom. The molecular weight excluding hydrogens is 216 g/mol. The highest BCUT2D eigenvalue weighted by Crippen LogP contribution is 2.11. The Balaban J connectivity index is 1.40. The zero-order valence-electron chi connectivity index (χ0n) is 10.4. The van der Waals surface area contributed by atoms with Gasteiger partial charge in [-0.25, -0.2) is 0 Å². The van der Waals surface area contributed by atoms with Gasteiger partial charge in [0.25, 0.3) is 0 Å². The number of hydrogen-bond acceptors (Lipinski definition) is 4. The Labute approximate surface area is 103 Å². The van der Waals surface area contributed by atoms with Crippen molar-refractivity contribution in [3.05, 3.63) is 0 Å². The molecule has 0 atom stereocenters. The number of nitrogens with one attached hydrogen (secondary N) is 1. The van der Waals surface area contributed by atoms with Gasteiger partial charge in [0, 0.05) is 58.4 Å². The van der Waals surface area contributed by atoms with Gasteiger partial charge in [-0.15, -0.1) is 0 Å². The van der Waals surface area contributed by atoms with Gasteiger partial charge in [-0.3, -0.25) is 14.6 Å². The zero-order valence-corrected chi connectivity index (χ0v) is 10.4. The van der Waals surface area contributed by atoms with E-state index < -0.39 is 0 Å². The number of amides is 1. The predicted molar refractivity (Wildman–Crippen MR) is 65.9 cm³/mol. The summed E-state index contributed by atoms with van der Waals surface area (Å²) in [6, 6.07) is 0.753. The van der Waals surface area contributed by atoms with Crippen molar-refractivity contribution in [1.29, 1.82) is 0 Å². The number of carbonyl (C=O) groups is 1. The summed E-state index contributed by atoms with van der Waals surface area (Å²) >= 11 is 0. The van der Waals surface area contributed by atoms with Gasteiger partial charge >= 0.3 is 0 Å². The molecule has 0 aromatic carbocycles. The molecule has 96 valence electrons. The minimum atomic E-state index is 0.329. The highest BCUT2D eigenvalue weighted by molar-refractivity contribution is 5.78. The molecule has 0 saturated carbocycles. The van der Waals surface area contributed by atoms with E-state index >= 15 is 0 Å². The third-order valence-corrected chi connectivity index (χ3v) is 4.25. The van der Waals surface area contributed by atoms with Crippen LogP contribution in [0.1, 0.15) is 6.42 Å². The third-order valence-electron chi connectivity index (χ3n) is 4.25. The third kappa shape index (κ3) is 2.46. The summed E-state index contributed by atoms with van der Waals surface area (Å²) in [5.74, 6) is 0.329. The van der Waals surface area contributed by atoms with Crippen LogP contribution in [0.3, 0.4) is 0 Å². The van der Waals surface area contributed by atoms with Crippen LogP contribution in [0.4, 0.5) is 0 Å². The van der Waals surface area contributed by atoms with Crippen LogP contribution >= 0.6 is 0 Å². The molecule has 0 aliphatic carbocycles. The zero-order chi connectivity index (χ0) is 11.7. The molecule has 0 spiro atoms. The monoisotopic (exact) mass is 238 g/mol. The molecular formula is C12H22N4O. The topological polar surface area (TPSA) is 38.8 Å². The summed E-state index contributed by atoms with van der Waals surface area (Å²) < 4.78 is 0. The molecule has 3 fully saturated rings. The van der Waals surface area contributed by atoms with Gasteiger partial charge in [0.1, 0.15) is 0 Å². The number of carbonyl (C=O) groups excluding carboxylic acids is 1. The largest absolute Gasteiger partial charge is 0.341 e. The fourth-order valence-electron chi connectivity index (χ4n) is 2.68. The maximum absolute atomic E-state index is 11.8. The molecule has 3 aliphatic heterocycles. The van der Waals surface area contributed by atoms with Crippen molar-refractivity contribution in [3.8, 4) is 0 Å². The first-order valence-corrected chi connectivity index (χ1v) is 6.78. The van der Waals surface area contributed by atoms with E-state index in [1.54, 1.807) is 0 Å². The lowest BCUT2D eigenvalue weighted by atomic mass is 10.1. The van der Waals surface area contributed by atoms with Crippen LogP contribution in [-0.4, -0.2) is 85.6 Å². The molecule has 3 heterocycles. The van der Waals surface area contributed by atoms with E-state index in [2.05, 4.69) is 15.1 Å². The van der Waals surface area contributed by atoms with Crippen molar-refractivity contribution >= 4 is 5.91 Å². The molecule has 5 nitrogen and oxygen atoms in total. The van der Waals surface area contributed by atoms with Crippen molar-refractivity contribution in [2.45, 2.75) is 12.5 Å². The first-order chi connectivity index (χ1) is 8.33. The second kappa shape index (κ2) is 4.92. The number of nitrogens with zero attached hydrogens (tertiary/aromatic N) is 3. The van der Waals surface area contributed by atoms with Gasteiger partial charge in [0.05, 0.1) is 6.54 Å². The Bertz CT molecular complexity index is 280. The van der Waals surface area contributed by atoms with E-state index in [0.29, 0.717) is 12.5 Å². The van der Waals surface area contributed by atoms with Crippen molar-refractivity contribution in [2.24, 2.45) is 0 Å². The molecule has 17 heavy (non-hydrogen) atoms. The lowest BCUT2D eigenvalue weighted by Gasteiger charge is -2.43. The van der Waals surface area contributed by atoms with E-state index in [9.17, 15) is 4.79 Å². The smallest absolute Gasteiger partial charge is 0.236 e. The molecule has 3 rings (SSSR count). The van der Waals surface area contributed by atoms with Crippen molar-refractivity contribution in [1.82, 2.24) is 20.0 Å². The van der Waals surface area contributed by atoms with Crippen molar-refractivity contribution in [2.75, 3.05) is 58.9 Å².